The average molecular weight is 862 g/mol. The van der Waals surface area contributed by atoms with E-state index in [4.69, 9.17) is 14.5 Å². The lowest BCUT2D eigenvalue weighted by Gasteiger charge is -2.32. The summed E-state index contributed by atoms with van der Waals surface area (Å²) in [7, 11) is 0. The second-order valence-corrected chi connectivity index (χ2v) is 16.1. The summed E-state index contributed by atoms with van der Waals surface area (Å²) in [5, 5.41) is 13.2. The number of imide groups is 2. The fraction of sp³-hybridized carbons (Fsp3) is 0.378. The molecule has 6 heterocycles. The van der Waals surface area contributed by atoms with E-state index >= 15 is 8.78 Å². The van der Waals surface area contributed by atoms with Crippen LogP contribution in [0.25, 0.3) is 33.4 Å². The number of para-hydroxylation sites is 1. The topological polar surface area (TPSA) is 190 Å². The fourth-order valence-corrected chi connectivity index (χ4v) is 8.66. The van der Waals surface area contributed by atoms with E-state index in [-0.39, 0.29) is 67.0 Å². The largest absolute Gasteiger partial charge is 0.383 e. The lowest BCUT2D eigenvalue weighted by atomic mass is 9.98. The van der Waals surface area contributed by atoms with Crippen LogP contribution < -0.4 is 16.0 Å². The molecule has 3 fully saturated rings. The molecule has 63 heavy (non-hydrogen) atoms. The summed E-state index contributed by atoms with van der Waals surface area (Å²) >= 11 is 0. The number of benzene rings is 3. The number of amides is 5. The monoisotopic (exact) mass is 861 g/mol. The van der Waals surface area contributed by atoms with Crippen LogP contribution in [0.15, 0.2) is 67.1 Å². The molecule has 18 heteroatoms. The highest BCUT2D eigenvalue weighted by Gasteiger charge is 2.44. The number of morpholine rings is 1. The number of aromatic nitrogens is 4. The second-order valence-electron chi connectivity index (χ2n) is 16.1. The Balaban J connectivity index is 0.739. The molecule has 16 nitrogen and oxygen atoms in total. The predicted octanol–water partition coefficient (Wildman–Crippen LogP) is 4.05. The molecule has 2 aromatic heterocycles. The van der Waals surface area contributed by atoms with Crippen LogP contribution in [0.4, 0.5) is 14.5 Å². The molecule has 5 aromatic rings. The van der Waals surface area contributed by atoms with Crippen molar-refractivity contribution in [3.63, 3.8) is 0 Å². The number of ether oxygens (including phenoxy) is 2. The number of hydrogen-bond donors (Lipinski definition) is 3. The van der Waals surface area contributed by atoms with Gasteiger partial charge in [0.2, 0.25) is 17.7 Å². The van der Waals surface area contributed by atoms with Gasteiger partial charge in [-0.25, -0.2) is 13.8 Å². The van der Waals surface area contributed by atoms with Gasteiger partial charge in [0.05, 0.1) is 78.6 Å². The Bertz CT molecular complexity index is 2580. The summed E-state index contributed by atoms with van der Waals surface area (Å²) in [5.74, 6) is -3.50. The van der Waals surface area contributed by atoms with E-state index in [0.717, 1.165) is 10.5 Å². The van der Waals surface area contributed by atoms with Crippen LogP contribution in [0.5, 0.6) is 0 Å². The van der Waals surface area contributed by atoms with Gasteiger partial charge in [-0.1, -0.05) is 12.1 Å². The molecular weight excluding hydrogens is 817 g/mol. The Labute approximate surface area is 360 Å². The zero-order valence-corrected chi connectivity index (χ0v) is 34.3. The Morgan fingerprint density at radius 2 is 1.73 bits per heavy atom. The highest BCUT2D eigenvalue weighted by Crippen LogP contribution is 2.33. The molecule has 4 aliphatic heterocycles. The molecule has 0 aliphatic carbocycles. The first-order chi connectivity index (χ1) is 30.6. The molecular formula is C45H45F2N9O7. The molecule has 4 aliphatic rings. The van der Waals surface area contributed by atoms with Gasteiger partial charge in [-0.3, -0.25) is 43.9 Å². The molecule has 3 aromatic carbocycles. The zero-order valence-electron chi connectivity index (χ0n) is 34.3. The number of likely N-dealkylation sites (tertiary alicyclic amines) is 1. The first-order valence-corrected chi connectivity index (χ1v) is 21.2. The van der Waals surface area contributed by atoms with E-state index in [0.29, 0.717) is 92.3 Å². The van der Waals surface area contributed by atoms with E-state index in [1.807, 2.05) is 21.8 Å². The van der Waals surface area contributed by atoms with Crippen LogP contribution in [0.2, 0.25) is 0 Å². The van der Waals surface area contributed by atoms with Crippen LogP contribution in [-0.4, -0.2) is 124 Å². The zero-order chi connectivity index (χ0) is 43.6. The number of carbonyl (C=O) groups is 5. The maximum atomic E-state index is 15.4. The molecule has 2 unspecified atom stereocenters. The molecule has 3 saturated heterocycles. The Hall–Kier alpha value is -6.50. The molecule has 3 N–H and O–H groups in total. The van der Waals surface area contributed by atoms with Crippen molar-refractivity contribution in [3.05, 3.63) is 95.4 Å². The summed E-state index contributed by atoms with van der Waals surface area (Å²) in [6.45, 7) is 3.80. The normalized spacial score (nSPS) is 19.5. The minimum absolute atomic E-state index is 0.00257. The number of rotatable bonds is 13. The van der Waals surface area contributed by atoms with E-state index in [1.165, 1.54) is 18.2 Å². The minimum atomic E-state index is -1.03. The molecule has 0 saturated carbocycles. The quantitative estimate of drug-likeness (QED) is 0.114. The minimum Gasteiger partial charge on any atom is -0.383 e. The third-order valence-corrected chi connectivity index (χ3v) is 12.0. The van der Waals surface area contributed by atoms with Crippen LogP contribution >= 0.6 is 0 Å². The molecule has 5 amide bonds. The van der Waals surface area contributed by atoms with Crippen molar-refractivity contribution in [1.29, 1.82) is 0 Å². The maximum absolute atomic E-state index is 15.4. The number of fused-ring (bicyclic) bond motifs is 2. The lowest BCUT2D eigenvalue weighted by Crippen LogP contribution is -2.54. The smallest absolute Gasteiger partial charge is 0.262 e. The predicted molar refractivity (Wildman–Crippen MR) is 224 cm³/mol. The van der Waals surface area contributed by atoms with Gasteiger partial charge in [-0.15, -0.1) is 0 Å². The van der Waals surface area contributed by atoms with E-state index in [9.17, 15) is 24.0 Å². The van der Waals surface area contributed by atoms with Crippen LogP contribution in [0, 0.1) is 11.6 Å². The van der Waals surface area contributed by atoms with Gasteiger partial charge in [0.25, 0.3) is 11.8 Å². The number of hydrogen-bond acceptors (Lipinski definition) is 12. The number of nitrogens with one attached hydrogen (secondary N) is 3. The summed E-state index contributed by atoms with van der Waals surface area (Å²) in [6.07, 6.45) is 6.91. The van der Waals surface area contributed by atoms with Crippen molar-refractivity contribution in [3.8, 4) is 22.4 Å². The summed E-state index contributed by atoms with van der Waals surface area (Å²) in [6, 6.07) is 11.9. The number of anilines is 1. The van der Waals surface area contributed by atoms with Gasteiger partial charge in [0.15, 0.2) is 0 Å². The molecule has 326 valence electrons. The summed E-state index contributed by atoms with van der Waals surface area (Å²) in [5.41, 5.74) is 4.32. The van der Waals surface area contributed by atoms with Crippen molar-refractivity contribution in [2.75, 3.05) is 57.9 Å². The van der Waals surface area contributed by atoms with E-state index in [1.54, 1.807) is 36.7 Å². The van der Waals surface area contributed by atoms with Gasteiger partial charge in [-0.2, -0.15) is 5.10 Å². The fourth-order valence-electron chi connectivity index (χ4n) is 8.66. The molecule has 2 atom stereocenters. The number of piperidine rings is 2. The molecule has 0 spiro atoms. The SMILES string of the molecule is O=C1CCC(N2C(=O)c3ccc(NCCOCCC(=O)N4CCC(n5cc(-c6cnc7cccc(-c8cc(F)c(CC9CNCCO9)c(F)c8)c7n6)cn5)CC4)cc3C2=O)C(=O)N1. The highest BCUT2D eigenvalue weighted by atomic mass is 19.1. The van der Waals surface area contributed by atoms with Crippen LogP contribution in [-0.2, 0) is 30.3 Å². The van der Waals surface area contributed by atoms with Crippen molar-refractivity contribution in [1.82, 2.24) is 40.2 Å². The summed E-state index contributed by atoms with van der Waals surface area (Å²) in [4.78, 5) is 75.2. The van der Waals surface area contributed by atoms with Crippen LogP contribution in [0.3, 0.4) is 0 Å². The van der Waals surface area contributed by atoms with Crippen molar-refractivity contribution < 1.29 is 42.2 Å². The van der Waals surface area contributed by atoms with E-state index < -0.39 is 41.3 Å². The first kappa shape index (κ1) is 41.8. The van der Waals surface area contributed by atoms with Crippen molar-refractivity contribution >= 4 is 46.3 Å². The van der Waals surface area contributed by atoms with Crippen molar-refractivity contribution in [2.24, 2.45) is 0 Å². The molecule has 0 radical (unpaired) electrons. The standard InChI is InChI=1S/C45H45F2N9O7/c46-35-18-26(19-36(47)34(35)21-30-23-48-11-17-63-30)31-2-1-3-37-42(31)52-38(24-50-37)27-22-51-55(25-27)29-8-13-54(14-9-29)41(58)10-15-62-16-12-49-28-4-5-32-33(20-28)45(61)56(44(32)60)39-6-7-40(57)53-43(39)59/h1-5,18-20,22,24-25,29-30,39,48-49H,6-17,21,23H2,(H,53,57,59). The average Bonchev–Trinajstić information content (AvgIpc) is 3.88. The Morgan fingerprint density at radius 1 is 0.921 bits per heavy atom. The Morgan fingerprint density at radius 3 is 2.51 bits per heavy atom. The van der Waals surface area contributed by atoms with Gasteiger partial charge in [-0.05, 0) is 61.2 Å². The molecule has 0 bridgehead atoms. The van der Waals surface area contributed by atoms with Gasteiger partial charge < -0.3 is 25.0 Å². The Kier molecular flexibility index (Phi) is 12.0. The maximum Gasteiger partial charge on any atom is 0.262 e. The molecule has 9 rings (SSSR count). The summed E-state index contributed by atoms with van der Waals surface area (Å²) < 4.78 is 44.0. The number of halogens is 2. The van der Waals surface area contributed by atoms with Gasteiger partial charge in [0, 0.05) is 74.1 Å². The third-order valence-electron chi connectivity index (χ3n) is 12.0. The third kappa shape index (κ3) is 8.78. The lowest BCUT2D eigenvalue weighted by molar-refractivity contribution is -0.136. The van der Waals surface area contributed by atoms with Crippen LogP contribution in [0.1, 0.15) is 64.4 Å². The highest BCUT2D eigenvalue weighted by molar-refractivity contribution is 6.23. The second kappa shape index (κ2) is 18.1. The number of carbonyl (C=O) groups excluding carboxylic acids is 5. The van der Waals surface area contributed by atoms with E-state index in [2.05, 4.69) is 26.0 Å². The first-order valence-electron chi connectivity index (χ1n) is 21.2. The number of nitrogens with zero attached hydrogens (tertiary/aromatic N) is 6. The van der Waals surface area contributed by atoms with Gasteiger partial charge >= 0.3 is 0 Å². The van der Waals surface area contributed by atoms with Crippen molar-refractivity contribution in [2.45, 2.75) is 56.7 Å². The van der Waals surface area contributed by atoms with Gasteiger partial charge in [0.1, 0.15) is 17.7 Å².